The van der Waals surface area contributed by atoms with E-state index in [9.17, 15) is 10.0 Å². The second kappa shape index (κ2) is 9.72. The van der Waals surface area contributed by atoms with E-state index < -0.39 is 5.41 Å². The lowest BCUT2D eigenvalue weighted by Gasteiger charge is -2.54. The van der Waals surface area contributed by atoms with Crippen LogP contribution >= 0.6 is 0 Å². The number of anilines is 1. The molecule has 0 unspecified atom stereocenters. The Morgan fingerprint density at radius 3 is 2.58 bits per heavy atom. The molecule has 0 spiro atoms. The molecule has 5 heteroatoms. The maximum Gasteiger partial charge on any atom is 0.148 e. The molecule has 0 aromatic heterocycles. The van der Waals surface area contributed by atoms with Gasteiger partial charge in [-0.25, -0.2) is 0 Å². The van der Waals surface area contributed by atoms with Gasteiger partial charge in [-0.05, 0) is 111 Å². The summed E-state index contributed by atoms with van der Waals surface area (Å²) in [5.41, 5.74) is 7.15. The summed E-state index contributed by atoms with van der Waals surface area (Å²) in [6.07, 6.45) is 8.86. The number of oxime groups is 1. The van der Waals surface area contributed by atoms with Crippen molar-refractivity contribution in [3.05, 3.63) is 52.6 Å². The van der Waals surface area contributed by atoms with E-state index in [0.717, 1.165) is 77.0 Å². The Balaban J connectivity index is 1.47. The second-order valence-electron chi connectivity index (χ2n) is 12.2. The number of Topliss-reactive ketones (excluding diaryl/α,β-unsaturated/α-hetero) is 1. The average molecular weight is 513 g/mol. The molecule has 3 fully saturated rings. The Morgan fingerprint density at radius 2 is 1.89 bits per heavy atom. The molecule has 38 heavy (non-hydrogen) atoms. The van der Waals surface area contributed by atoms with Crippen molar-refractivity contribution in [3.8, 4) is 11.8 Å². The number of carbonyl (C=O) groups is 1. The lowest BCUT2D eigenvalue weighted by atomic mass is 9.48. The molecule has 1 saturated heterocycles. The smallest absolute Gasteiger partial charge is 0.148 e. The molecule has 1 aromatic rings. The van der Waals surface area contributed by atoms with Gasteiger partial charge in [0.15, 0.2) is 0 Å². The van der Waals surface area contributed by atoms with Crippen LogP contribution in [-0.4, -0.2) is 43.0 Å². The van der Waals surface area contributed by atoms with Crippen molar-refractivity contribution in [1.82, 2.24) is 0 Å². The predicted molar refractivity (Wildman–Crippen MR) is 151 cm³/mol. The number of carbonyl (C=O) groups excluding carboxylic acids is 1. The summed E-state index contributed by atoms with van der Waals surface area (Å²) in [6, 6.07) is 9.23. The largest absolute Gasteiger partial charge is 0.411 e. The molecule has 0 bridgehead atoms. The summed E-state index contributed by atoms with van der Waals surface area (Å²) in [5.74, 6) is 8.11. The zero-order chi connectivity index (χ0) is 26.5. The molecule has 1 aliphatic heterocycles. The molecular weight excluding hydrogens is 472 g/mol. The quantitative estimate of drug-likeness (QED) is 0.294. The van der Waals surface area contributed by atoms with Crippen molar-refractivity contribution in [2.75, 3.05) is 31.2 Å². The van der Waals surface area contributed by atoms with Crippen LogP contribution in [0.2, 0.25) is 0 Å². The van der Waals surface area contributed by atoms with Crippen molar-refractivity contribution < 1.29 is 14.7 Å². The van der Waals surface area contributed by atoms with Gasteiger partial charge in [-0.15, -0.1) is 5.92 Å². The molecule has 1 N–H and O–H groups in total. The third-order valence-electron chi connectivity index (χ3n) is 10.7. The first-order valence-corrected chi connectivity index (χ1v) is 14.4. The van der Waals surface area contributed by atoms with Crippen LogP contribution in [0.3, 0.4) is 0 Å². The number of nitrogens with zero attached hydrogens (tertiary/aromatic N) is 2. The van der Waals surface area contributed by atoms with E-state index >= 15 is 0 Å². The Labute approximate surface area is 227 Å². The second-order valence-corrected chi connectivity index (χ2v) is 12.2. The van der Waals surface area contributed by atoms with Gasteiger partial charge in [0.1, 0.15) is 5.78 Å². The van der Waals surface area contributed by atoms with E-state index in [1.807, 2.05) is 6.92 Å². The van der Waals surface area contributed by atoms with Crippen molar-refractivity contribution in [1.29, 1.82) is 0 Å². The zero-order valence-corrected chi connectivity index (χ0v) is 23.1. The highest BCUT2D eigenvalue weighted by molar-refractivity contribution is 5.97. The van der Waals surface area contributed by atoms with E-state index in [1.54, 1.807) is 12.5 Å². The fourth-order valence-corrected chi connectivity index (χ4v) is 8.90. The molecule has 1 heterocycles. The minimum absolute atomic E-state index is 0.155. The highest BCUT2D eigenvalue weighted by Crippen LogP contribution is 2.69. The fourth-order valence-electron chi connectivity index (χ4n) is 8.90. The summed E-state index contributed by atoms with van der Waals surface area (Å²) in [5, 5.41) is 13.0. The zero-order valence-electron chi connectivity index (χ0n) is 23.1. The molecule has 5 aliphatic rings. The Bertz CT molecular complexity index is 1270. The lowest BCUT2D eigenvalue weighted by molar-refractivity contribution is -0.130. The monoisotopic (exact) mass is 512 g/mol. The molecular formula is C33H40N2O3. The van der Waals surface area contributed by atoms with Crippen molar-refractivity contribution >= 4 is 17.2 Å². The summed E-state index contributed by atoms with van der Waals surface area (Å²) >= 11 is 0. The van der Waals surface area contributed by atoms with Gasteiger partial charge in [0.2, 0.25) is 0 Å². The first-order chi connectivity index (χ1) is 18.4. The van der Waals surface area contributed by atoms with Crippen LogP contribution in [0.1, 0.15) is 77.2 Å². The molecule has 6 rings (SSSR count). The van der Waals surface area contributed by atoms with Gasteiger partial charge >= 0.3 is 0 Å². The summed E-state index contributed by atoms with van der Waals surface area (Å²) in [4.78, 5) is 15.8. The van der Waals surface area contributed by atoms with Crippen molar-refractivity contribution in [2.45, 2.75) is 71.6 Å². The third-order valence-corrected chi connectivity index (χ3v) is 10.7. The average Bonchev–Trinajstić information content (AvgIpc) is 3.25. The van der Waals surface area contributed by atoms with Crippen LogP contribution in [0.4, 0.5) is 5.69 Å². The molecule has 0 amide bonds. The van der Waals surface area contributed by atoms with E-state index in [1.165, 1.54) is 22.4 Å². The van der Waals surface area contributed by atoms with Crippen molar-refractivity contribution in [3.63, 3.8) is 0 Å². The minimum atomic E-state index is -0.562. The first kappa shape index (κ1) is 25.4. The van der Waals surface area contributed by atoms with E-state index in [-0.39, 0.29) is 17.1 Å². The highest BCUT2D eigenvalue weighted by atomic mass is 16.5. The van der Waals surface area contributed by atoms with E-state index in [4.69, 9.17) is 4.74 Å². The topological polar surface area (TPSA) is 62.1 Å². The third kappa shape index (κ3) is 3.79. The highest BCUT2D eigenvalue weighted by Gasteiger charge is 2.64. The summed E-state index contributed by atoms with van der Waals surface area (Å²) < 4.78 is 5.56. The minimum Gasteiger partial charge on any atom is -0.411 e. The fraction of sp³-hybridized carbons (Fsp3) is 0.576. The van der Waals surface area contributed by atoms with Gasteiger partial charge in [0.05, 0.1) is 24.3 Å². The number of hydrogen-bond acceptors (Lipinski definition) is 5. The van der Waals surface area contributed by atoms with Crippen LogP contribution in [0.25, 0.3) is 0 Å². The van der Waals surface area contributed by atoms with Gasteiger partial charge < -0.3 is 14.8 Å². The molecule has 5 atom stereocenters. The number of hydrogen-bond donors (Lipinski definition) is 1. The van der Waals surface area contributed by atoms with Crippen LogP contribution in [0.5, 0.6) is 0 Å². The SMILES string of the molecule is CC#C[C@]1(C(C)=O)CC[C@H]2[C@@H]3CCC4=CC(=NO)CCC4=C3[C@@H](c3ccc(N4CCOCC4)cc3)C[C@@]21C. The number of allylic oxidation sites excluding steroid dienone is 4. The Hall–Kier alpha value is -2.84. The predicted octanol–water partition coefficient (Wildman–Crippen LogP) is 6.28. The molecule has 4 aliphatic carbocycles. The molecule has 200 valence electrons. The Kier molecular flexibility index (Phi) is 6.51. The van der Waals surface area contributed by atoms with Gasteiger partial charge in [0, 0.05) is 24.7 Å². The number of fused-ring (bicyclic) bond motifs is 4. The van der Waals surface area contributed by atoms with Gasteiger partial charge in [-0.1, -0.05) is 35.7 Å². The van der Waals surface area contributed by atoms with Gasteiger partial charge in [-0.3, -0.25) is 4.79 Å². The van der Waals surface area contributed by atoms with Crippen LogP contribution in [-0.2, 0) is 9.53 Å². The number of ketones is 1. The molecule has 5 nitrogen and oxygen atoms in total. The maximum absolute atomic E-state index is 13.4. The Morgan fingerprint density at radius 1 is 1.13 bits per heavy atom. The number of ether oxygens (including phenoxy) is 1. The molecule has 2 saturated carbocycles. The van der Waals surface area contributed by atoms with Gasteiger partial charge in [0.25, 0.3) is 0 Å². The van der Waals surface area contributed by atoms with E-state index in [2.05, 4.69) is 59.2 Å². The number of rotatable bonds is 3. The summed E-state index contributed by atoms with van der Waals surface area (Å²) in [7, 11) is 0. The van der Waals surface area contributed by atoms with Crippen molar-refractivity contribution in [2.24, 2.45) is 27.8 Å². The van der Waals surface area contributed by atoms with Crippen LogP contribution in [0, 0.1) is 34.5 Å². The number of benzene rings is 1. The normalized spacial score (nSPS) is 35.6. The molecule has 0 radical (unpaired) electrons. The van der Waals surface area contributed by atoms with Gasteiger partial charge in [-0.2, -0.15) is 0 Å². The van der Waals surface area contributed by atoms with Crippen LogP contribution in [0.15, 0.2) is 52.2 Å². The first-order valence-electron chi connectivity index (χ1n) is 14.4. The maximum atomic E-state index is 13.4. The molecule has 1 aromatic carbocycles. The lowest BCUT2D eigenvalue weighted by Crippen LogP contribution is -2.50. The summed E-state index contributed by atoms with van der Waals surface area (Å²) in [6.45, 7) is 9.47. The van der Waals surface area contributed by atoms with Crippen LogP contribution < -0.4 is 4.90 Å². The van der Waals surface area contributed by atoms with E-state index in [0.29, 0.717) is 11.8 Å². The number of morpholine rings is 1. The standard InChI is InChI=1S/C33H40N2O3/c1-4-14-33(22(2)36)15-13-30-28-11-7-24-20-25(34-37)8-12-27(24)31(28)29(21-32(30,33)3)23-5-9-26(10-6-23)35-16-18-38-19-17-35/h5-6,9-10,20,28-30,37H,7-8,11-13,15-19,21H2,1-3H3/t28-,29+,30-,32-,33+/m0/s1.